The molecule has 2 nitrogen and oxygen atoms in total. The number of hydrogen-bond donors (Lipinski definition) is 0. The van der Waals surface area contributed by atoms with Gasteiger partial charge >= 0.3 is 55.6 Å². The summed E-state index contributed by atoms with van der Waals surface area (Å²) in [6.45, 7) is 0.0761. The lowest BCUT2D eigenvalue weighted by Gasteiger charge is -2.46. The summed E-state index contributed by atoms with van der Waals surface area (Å²) >= 11 is 0. The van der Waals surface area contributed by atoms with Crippen molar-refractivity contribution in [1.29, 1.82) is 0 Å². The second kappa shape index (κ2) is 20.9. The fourth-order valence-corrected chi connectivity index (χ4v) is 8.52. The van der Waals surface area contributed by atoms with Crippen LogP contribution < -0.4 is 26.4 Å². The third kappa shape index (κ3) is 13.8. The van der Waals surface area contributed by atoms with Gasteiger partial charge < -0.3 is 0 Å². The Morgan fingerprint density at radius 3 is 0.825 bits per heavy atom. The molecule has 0 saturated heterocycles. The van der Waals surface area contributed by atoms with Crippen molar-refractivity contribution in [2.24, 2.45) is 0 Å². The molecular weight excluding hydrogens is 1150 g/mol. The molecule has 0 aliphatic rings. The van der Waals surface area contributed by atoms with Gasteiger partial charge in [0, 0.05) is 23.1 Å². The highest BCUT2D eigenvalue weighted by atomic mass is 19.4. The molecule has 7 aromatic rings. The van der Waals surface area contributed by atoms with Crippen molar-refractivity contribution >= 4 is 44.7 Å². The highest BCUT2D eigenvalue weighted by molar-refractivity contribution is 7.20. The van der Waals surface area contributed by atoms with E-state index in [0.29, 0.717) is 0 Å². The number of pyridine rings is 1. The van der Waals surface area contributed by atoms with Gasteiger partial charge in [-0.1, -0.05) is 72.8 Å². The van der Waals surface area contributed by atoms with E-state index in [1.165, 1.54) is 12.1 Å². The number of hydrogen-bond acceptors (Lipinski definition) is 1. The quantitative estimate of drug-likeness (QED) is 0.0674. The van der Waals surface area contributed by atoms with Crippen molar-refractivity contribution in [3.8, 4) is 0 Å². The van der Waals surface area contributed by atoms with Crippen LogP contribution in [0.25, 0.3) is 10.9 Å². The van der Waals surface area contributed by atoms with Gasteiger partial charge in [0.05, 0.1) is 50.1 Å². The number of aromatic nitrogens is 1. The smallest absolute Gasteiger partial charge is 0.287 e. The third-order valence-corrected chi connectivity index (χ3v) is 12.1. The van der Waals surface area contributed by atoms with Gasteiger partial charge in [-0.15, -0.1) is 0 Å². The number of Topliss-reactive ketones (excluding diaryl/α,β-unsaturated/α-hetero) is 1. The van der Waals surface area contributed by atoms with E-state index in [1.54, 1.807) is 10.8 Å². The molecule has 6 aromatic carbocycles. The molecule has 0 N–H and O–H groups in total. The summed E-state index contributed by atoms with van der Waals surface area (Å²) in [5.74, 6) is -0.236. The van der Waals surface area contributed by atoms with Gasteiger partial charge in [0.25, 0.3) is 0 Å². The zero-order valence-electron chi connectivity index (χ0n) is 38.6. The normalized spacial score (nSPS) is 13.5. The summed E-state index contributed by atoms with van der Waals surface area (Å²) in [4.78, 5) is 12.3. The molecule has 0 radical (unpaired) electrons. The Hall–Kier alpha value is -7.43. The monoisotopic (exact) mass is 1180 g/mol. The zero-order valence-corrected chi connectivity index (χ0v) is 38.6. The van der Waals surface area contributed by atoms with Crippen molar-refractivity contribution in [3.63, 3.8) is 0 Å². The minimum absolute atomic E-state index is 0.0761. The van der Waals surface area contributed by atoms with E-state index in [1.807, 2.05) is 36.4 Å². The van der Waals surface area contributed by atoms with E-state index < -0.39 is 206 Å². The molecule has 0 fully saturated rings. The number of carbonyl (C=O) groups excluding carboxylic acids is 1. The number of benzene rings is 6. The minimum Gasteiger partial charge on any atom is -0.287 e. The number of fused-ring (bicyclic) bond motifs is 1. The molecule has 0 atom stereocenters. The topological polar surface area (TPSA) is 20.9 Å². The van der Waals surface area contributed by atoms with E-state index in [9.17, 15) is 123 Å². The van der Waals surface area contributed by atoms with Crippen molar-refractivity contribution in [1.82, 2.24) is 0 Å². The number of para-hydroxylation sites is 1. The first-order valence-corrected chi connectivity index (χ1v) is 21.6. The zero-order chi connectivity index (χ0) is 60.4. The lowest BCUT2D eigenvalue weighted by Crippen LogP contribution is -2.75. The van der Waals surface area contributed by atoms with Crippen molar-refractivity contribution in [2.45, 2.75) is 62.1 Å². The summed E-state index contributed by atoms with van der Waals surface area (Å²) in [5, 5.41) is 0.996. The maximum Gasteiger partial charge on any atom is 0.416 e. The van der Waals surface area contributed by atoms with Gasteiger partial charge in [0.2, 0.25) is 17.8 Å². The number of carbonyl (C=O) groups is 1. The van der Waals surface area contributed by atoms with E-state index in [-0.39, 0.29) is 17.9 Å². The molecule has 1 aromatic heterocycles. The molecule has 0 spiro atoms. The predicted octanol–water partition coefficient (Wildman–Crippen LogP) is 15.2. The van der Waals surface area contributed by atoms with Crippen LogP contribution in [-0.4, -0.2) is 11.9 Å². The van der Waals surface area contributed by atoms with E-state index >= 15 is 0 Å². The van der Waals surface area contributed by atoms with Gasteiger partial charge in [-0.05, 0) is 48.5 Å². The largest absolute Gasteiger partial charge is 0.416 e. The molecule has 7 rings (SSSR count). The first-order valence-electron chi connectivity index (χ1n) is 21.6. The lowest BCUT2D eigenvalue weighted by molar-refractivity contribution is -0.657. The first-order chi connectivity index (χ1) is 36.2. The number of alkyl halides is 27. The van der Waals surface area contributed by atoms with Crippen LogP contribution in [0.3, 0.4) is 0 Å². The van der Waals surface area contributed by atoms with Gasteiger partial charge in [-0.25, -0.2) is 0 Å². The average Bonchev–Trinajstić information content (AvgIpc) is 3.32. The molecule has 0 amide bonds. The molecule has 0 aliphatic carbocycles. The Morgan fingerprint density at radius 2 is 0.562 bits per heavy atom. The summed E-state index contributed by atoms with van der Waals surface area (Å²) in [5.41, 5.74) is -29.8. The number of halogens is 27. The summed E-state index contributed by atoms with van der Waals surface area (Å²) in [7, 11) is 0. The Labute approximate surface area is 429 Å². The summed E-state index contributed by atoms with van der Waals surface area (Å²) in [6.07, 6.45) is -57.4. The van der Waals surface area contributed by atoms with E-state index in [0.717, 1.165) is 23.0 Å². The van der Waals surface area contributed by atoms with E-state index in [4.69, 9.17) is 0 Å². The number of rotatable bonds is 7. The molecule has 0 bridgehead atoms. The van der Waals surface area contributed by atoms with Crippen molar-refractivity contribution in [3.05, 3.63) is 195 Å². The minimum atomic E-state index is -6.13. The highest BCUT2D eigenvalue weighted by Gasteiger charge is 2.47. The van der Waals surface area contributed by atoms with Crippen LogP contribution in [-0.2, 0) is 62.1 Å². The molecular formula is C50H25BF27NO. The van der Waals surface area contributed by atoms with Crippen LogP contribution in [0.5, 0.6) is 0 Å². The van der Waals surface area contributed by atoms with Crippen LogP contribution in [0.15, 0.2) is 140 Å². The standard InChI is InChI=1S/C32H12BF24.C18H13F3NO/c34-25(35,36)13-1-14(26(37,38)39)6-21(5-13)33(22-7-15(27(40,41)42)2-16(8-22)28(43,44)45,23-9-17(29(46,47)48)3-18(10-23)30(49,50)51)24-11-19(31(52,53)54)4-20(12-24)32(55,56)57;19-18(20,21)15-9-7-14(8-10-15)17(23)12-22-11-3-5-13-4-1-2-6-16(13)22/h1-12H;1-11H,12H2/q-1;+1. The molecule has 0 aliphatic heterocycles. The first kappa shape index (κ1) is 61.8. The molecule has 428 valence electrons. The Bertz CT molecular complexity index is 2970. The molecule has 1 heterocycles. The van der Waals surface area contributed by atoms with Crippen LogP contribution in [0.1, 0.15) is 60.4 Å². The molecule has 0 unspecified atom stereocenters. The van der Waals surface area contributed by atoms with E-state index in [2.05, 4.69) is 0 Å². The SMILES string of the molecule is FC(F)(F)c1cc([B-](c2cc(C(F)(F)F)cc(C(F)(F)F)c2)(c2cc(C(F)(F)F)cc(C(F)(F)F)c2)c2cc(C(F)(F)F)cc(C(F)(F)F)c2)cc(C(F)(F)F)c1.O=C(C[n+]1cccc2ccccc21)c1ccc(C(F)(F)F)cc1. The third-order valence-electron chi connectivity index (χ3n) is 12.1. The van der Waals surface area contributed by atoms with Crippen LogP contribution in [0.4, 0.5) is 119 Å². The van der Waals surface area contributed by atoms with Crippen LogP contribution >= 0.6 is 0 Å². The van der Waals surface area contributed by atoms with Gasteiger partial charge in [-0.3, -0.25) is 4.79 Å². The Kier molecular flexibility index (Phi) is 16.1. The lowest BCUT2D eigenvalue weighted by atomic mass is 9.12. The Morgan fingerprint density at radius 1 is 0.312 bits per heavy atom. The maximum absolute atomic E-state index is 14.2. The number of ketones is 1. The van der Waals surface area contributed by atoms with Gasteiger partial charge in [0.15, 0.2) is 6.20 Å². The second-order valence-corrected chi connectivity index (χ2v) is 17.4. The highest BCUT2D eigenvalue weighted by Crippen LogP contribution is 2.42. The van der Waals surface area contributed by atoms with Crippen molar-refractivity contribution in [2.75, 3.05) is 0 Å². The fourth-order valence-electron chi connectivity index (χ4n) is 8.52. The van der Waals surface area contributed by atoms with Crippen LogP contribution in [0.2, 0.25) is 0 Å². The van der Waals surface area contributed by atoms with Gasteiger partial charge in [0.1, 0.15) is 6.15 Å². The van der Waals surface area contributed by atoms with Crippen molar-refractivity contribution < 1.29 is 128 Å². The predicted molar refractivity (Wildman–Crippen MR) is 230 cm³/mol. The summed E-state index contributed by atoms with van der Waals surface area (Å²) < 4.78 is 380. The molecule has 80 heavy (non-hydrogen) atoms. The maximum atomic E-state index is 14.2. The number of nitrogens with zero attached hydrogens (tertiary/aromatic N) is 1. The Balaban J connectivity index is 0.000000370. The average molecular weight is 1180 g/mol. The second-order valence-electron chi connectivity index (χ2n) is 17.4. The van der Waals surface area contributed by atoms with Crippen LogP contribution in [0, 0.1) is 0 Å². The fraction of sp³-hybridized carbons (Fsp3) is 0.200. The summed E-state index contributed by atoms with van der Waals surface area (Å²) in [6, 6.07) is 6.89. The van der Waals surface area contributed by atoms with Gasteiger partial charge in [-0.2, -0.15) is 145 Å². The molecule has 30 heteroatoms. The molecule has 0 saturated carbocycles.